The molecule has 0 spiro atoms. The molecule has 1 aliphatic heterocycles. The molecule has 1 aliphatic rings. The Labute approximate surface area is 269 Å². The number of hydrogen-bond donors (Lipinski definition) is 2. The van der Waals surface area contributed by atoms with E-state index in [2.05, 4.69) is 31.1 Å². The van der Waals surface area contributed by atoms with Crippen LogP contribution in [-0.4, -0.2) is 25.6 Å². The first-order chi connectivity index (χ1) is 22.3. The van der Waals surface area contributed by atoms with Crippen molar-refractivity contribution >= 4 is 45.5 Å². The first-order valence-electron chi connectivity index (χ1n) is 14.7. The van der Waals surface area contributed by atoms with Gasteiger partial charge in [-0.25, -0.2) is 9.98 Å². The lowest BCUT2D eigenvalue weighted by Crippen LogP contribution is -2.08. The summed E-state index contributed by atoms with van der Waals surface area (Å²) in [6.45, 7) is 7.73. The van der Waals surface area contributed by atoms with Crippen molar-refractivity contribution < 1.29 is 9.47 Å². The summed E-state index contributed by atoms with van der Waals surface area (Å²) in [4.78, 5) is 10.0. The van der Waals surface area contributed by atoms with Crippen molar-refractivity contribution in [3.8, 4) is 11.5 Å². The second-order valence-electron chi connectivity index (χ2n) is 10.4. The number of benzene rings is 4. The Morgan fingerprint density at radius 1 is 0.478 bits per heavy atom. The predicted octanol–water partition coefficient (Wildman–Crippen LogP) is 10.5. The molecule has 232 valence electrons. The van der Waals surface area contributed by atoms with E-state index in [4.69, 9.17) is 19.5 Å². The number of anilines is 2. The highest BCUT2D eigenvalue weighted by molar-refractivity contribution is 6.03. The van der Waals surface area contributed by atoms with Gasteiger partial charge in [-0.1, -0.05) is 24.3 Å². The number of ether oxygens (including phenoxy) is 2. The van der Waals surface area contributed by atoms with Gasteiger partial charge < -0.3 is 20.1 Å². The van der Waals surface area contributed by atoms with E-state index in [1.807, 2.05) is 125 Å². The van der Waals surface area contributed by atoms with Crippen LogP contribution in [0.3, 0.4) is 0 Å². The van der Waals surface area contributed by atoms with E-state index in [1.165, 1.54) is 0 Å². The topological polar surface area (TPSA) is 117 Å². The van der Waals surface area contributed by atoms with Gasteiger partial charge in [0.25, 0.3) is 0 Å². The normalized spacial score (nSPS) is 17.3. The van der Waals surface area contributed by atoms with Gasteiger partial charge in [0.1, 0.15) is 22.9 Å². The molecule has 0 bridgehead atoms. The van der Waals surface area contributed by atoms with E-state index in [-0.39, 0.29) is 0 Å². The molecule has 0 unspecified atom stereocenters. The molecule has 0 radical (unpaired) electrons. The monoisotopic (exact) mass is 612 g/mol. The maximum Gasteiger partial charge on any atom is 0.126 e. The van der Waals surface area contributed by atoms with Crippen LogP contribution in [0.25, 0.3) is 0 Å². The Balaban J connectivity index is 1.63. The number of rotatable bonds is 6. The molecular formula is C36H36N8O2. The lowest BCUT2D eigenvalue weighted by atomic mass is 10.2. The highest BCUT2D eigenvalue weighted by Gasteiger charge is 2.15. The number of fused-ring (bicyclic) bond motifs is 2. The second kappa shape index (κ2) is 14.7. The van der Waals surface area contributed by atoms with Crippen molar-refractivity contribution in [1.29, 1.82) is 0 Å². The Bertz CT molecular complexity index is 1750. The Kier molecular flexibility index (Phi) is 10.1. The molecule has 10 nitrogen and oxygen atoms in total. The summed E-state index contributed by atoms with van der Waals surface area (Å²) in [7, 11) is 3.26. The van der Waals surface area contributed by atoms with Crippen LogP contribution in [0.15, 0.2) is 150 Å². The first kappa shape index (κ1) is 31.5. The number of methoxy groups -OCH3 is 2. The zero-order chi connectivity index (χ0) is 32.5. The van der Waals surface area contributed by atoms with Crippen LogP contribution < -0.4 is 20.1 Å². The molecule has 0 saturated carbocycles. The fourth-order valence-corrected chi connectivity index (χ4v) is 4.69. The van der Waals surface area contributed by atoms with Crippen molar-refractivity contribution in [3.63, 3.8) is 0 Å². The Hall–Kier alpha value is -5.90. The van der Waals surface area contributed by atoms with Crippen LogP contribution in [0.5, 0.6) is 11.5 Å². The van der Waals surface area contributed by atoms with Crippen LogP contribution in [0.4, 0.5) is 34.1 Å². The maximum atomic E-state index is 5.28. The number of para-hydroxylation sites is 4. The highest BCUT2D eigenvalue weighted by atomic mass is 16.5. The molecule has 0 aromatic heterocycles. The summed E-state index contributed by atoms with van der Waals surface area (Å²) in [5.74, 6) is 1.50. The summed E-state index contributed by atoms with van der Waals surface area (Å²) in [6.07, 6.45) is 0. The molecule has 0 saturated heterocycles. The minimum Gasteiger partial charge on any atom is -0.497 e. The summed E-state index contributed by atoms with van der Waals surface area (Å²) in [5, 5.41) is 25.4. The van der Waals surface area contributed by atoms with Crippen LogP contribution in [0.1, 0.15) is 27.7 Å². The van der Waals surface area contributed by atoms with E-state index in [0.29, 0.717) is 34.2 Å². The molecule has 0 amide bonds. The summed E-state index contributed by atoms with van der Waals surface area (Å²) >= 11 is 0. The number of nitrogens with zero attached hydrogens (tertiary/aromatic N) is 6. The minimum absolute atomic E-state index is 0.597. The van der Waals surface area contributed by atoms with Gasteiger partial charge in [0.15, 0.2) is 0 Å². The molecule has 0 atom stereocenters. The van der Waals surface area contributed by atoms with Gasteiger partial charge in [0, 0.05) is 11.4 Å². The molecule has 46 heavy (non-hydrogen) atoms. The summed E-state index contributed by atoms with van der Waals surface area (Å²) in [6, 6.07) is 30.4. The van der Waals surface area contributed by atoms with Gasteiger partial charge >= 0.3 is 0 Å². The zero-order valence-electron chi connectivity index (χ0n) is 26.7. The third kappa shape index (κ3) is 7.78. The van der Waals surface area contributed by atoms with Gasteiger partial charge in [-0.2, -0.15) is 10.2 Å². The Morgan fingerprint density at radius 2 is 0.848 bits per heavy atom. The van der Waals surface area contributed by atoms with Crippen molar-refractivity contribution in [2.45, 2.75) is 27.7 Å². The van der Waals surface area contributed by atoms with Gasteiger partial charge in [0.05, 0.1) is 59.8 Å². The predicted molar refractivity (Wildman–Crippen MR) is 186 cm³/mol. The number of azo groups is 2. The molecule has 1 heterocycles. The molecule has 0 aliphatic carbocycles. The average Bonchev–Trinajstić information content (AvgIpc) is 3.07. The zero-order valence-corrected chi connectivity index (χ0v) is 26.7. The fourth-order valence-electron chi connectivity index (χ4n) is 4.69. The summed E-state index contributed by atoms with van der Waals surface area (Å²) < 4.78 is 10.6. The number of aliphatic imine (C=N–C) groups is 2. The van der Waals surface area contributed by atoms with Crippen molar-refractivity contribution in [3.05, 3.63) is 120 Å². The van der Waals surface area contributed by atoms with Crippen LogP contribution in [-0.2, 0) is 0 Å². The summed E-state index contributed by atoms with van der Waals surface area (Å²) in [5.41, 5.74) is 8.46. The van der Waals surface area contributed by atoms with Gasteiger partial charge in [-0.15, -0.1) is 10.2 Å². The third-order valence-corrected chi connectivity index (χ3v) is 7.10. The first-order valence-corrected chi connectivity index (χ1v) is 14.7. The quantitative estimate of drug-likeness (QED) is 0.211. The van der Waals surface area contributed by atoms with E-state index in [9.17, 15) is 0 Å². The lowest BCUT2D eigenvalue weighted by Gasteiger charge is -2.16. The van der Waals surface area contributed by atoms with Crippen LogP contribution >= 0.6 is 0 Å². The van der Waals surface area contributed by atoms with E-state index in [1.54, 1.807) is 14.2 Å². The SMILES string of the molecule is COc1ccc(N=N/C2=C(/C)Nc3ccccc3N=C(C)/C(N=Nc3ccc(OC)cc3)=C(\C)Nc3ccccc3N=C2C)cc1. The molecule has 10 heteroatoms. The number of nitrogens with one attached hydrogen (secondary N) is 2. The maximum absolute atomic E-state index is 5.28. The molecule has 2 N–H and O–H groups in total. The largest absolute Gasteiger partial charge is 0.497 e. The van der Waals surface area contributed by atoms with Crippen molar-refractivity contribution in [2.24, 2.45) is 30.4 Å². The van der Waals surface area contributed by atoms with Crippen molar-refractivity contribution in [1.82, 2.24) is 0 Å². The lowest BCUT2D eigenvalue weighted by molar-refractivity contribution is 0.414. The highest BCUT2D eigenvalue weighted by Crippen LogP contribution is 2.32. The Morgan fingerprint density at radius 3 is 1.22 bits per heavy atom. The van der Waals surface area contributed by atoms with Gasteiger partial charge in [-0.3, -0.25) is 0 Å². The van der Waals surface area contributed by atoms with Gasteiger partial charge in [-0.05, 0) is 100 Å². The molecule has 4 aromatic rings. The van der Waals surface area contributed by atoms with Crippen LogP contribution in [0.2, 0.25) is 0 Å². The van der Waals surface area contributed by atoms with E-state index < -0.39 is 0 Å². The molecule has 0 fully saturated rings. The standard InChI is InChI=1S/C36H36N8O2/c1-23-35(43-41-27-15-19-29(45-5)20-16-27)24(2)38-33-13-9-10-14-34(33)40-26(4)36(44-42-28-17-21-30(46-6)22-18-28)25(3)39-32-12-8-7-11-31(32)37-23/h7-22,37,40H,1-6H3/b35-23-,36-26-,38-24?,39-25?,43-41?,44-42?. The molecule has 4 aromatic carbocycles. The van der Waals surface area contributed by atoms with Crippen molar-refractivity contribution in [2.75, 3.05) is 24.9 Å². The second-order valence-corrected chi connectivity index (χ2v) is 10.4. The smallest absolute Gasteiger partial charge is 0.126 e. The molecule has 5 rings (SSSR count). The average molecular weight is 613 g/mol. The minimum atomic E-state index is 0.597. The van der Waals surface area contributed by atoms with Gasteiger partial charge in [0.2, 0.25) is 0 Å². The number of allylic oxidation sites excluding steroid dienone is 4. The fraction of sp³-hybridized carbons (Fsp3) is 0.167. The third-order valence-electron chi connectivity index (χ3n) is 7.10. The van der Waals surface area contributed by atoms with E-state index in [0.717, 1.165) is 45.6 Å². The molecular weight excluding hydrogens is 576 g/mol. The van der Waals surface area contributed by atoms with E-state index >= 15 is 0 Å². The van der Waals surface area contributed by atoms with Crippen LogP contribution in [0, 0.1) is 0 Å². The number of hydrogen-bond acceptors (Lipinski definition) is 10.